The number of aromatic nitrogens is 2. The molecule has 0 aliphatic heterocycles. The number of rotatable bonds is 5. The monoisotopic (exact) mass is 231 g/mol. The summed E-state index contributed by atoms with van der Waals surface area (Å²) >= 11 is 0. The molecule has 0 aliphatic rings. The summed E-state index contributed by atoms with van der Waals surface area (Å²) in [6.07, 6.45) is 3.74. The predicted octanol–water partition coefficient (Wildman–Crippen LogP) is 1.77. The summed E-state index contributed by atoms with van der Waals surface area (Å²) in [7, 11) is 0. The Kier molecular flexibility index (Phi) is 3.77. The van der Waals surface area contributed by atoms with Gasteiger partial charge in [0.25, 0.3) is 0 Å². The van der Waals surface area contributed by atoms with Gasteiger partial charge < -0.3 is 10.4 Å². The van der Waals surface area contributed by atoms with Gasteiger partial charge in [-0.3, -0.25) is 4.68 Å². The number of aromatic hydroxyl groups is 1. The fourth-order valence-electron chi connectivity index (χ4n) is 1.66. The number of hydrogen-bond donors (Lipinski definition) is 2. The van der Waals surface area contributed by atoms with Gasteiger partial charge in [-0.25, -0.2) is 0 Å². The van der Waals surface area contributed by atoms with Crippen LogP contribution in [-0.4, -0.2) is 20.9 Å². The van der Waals surface area contributed by atoms with Crippen molar-refractivity contribution in [2.24, 2.45) is 0 Å². The number of nitrogens with zero attached hydrogens (tertiary/aromatic N) is 2. The Labute approximate surface area is 101 Å². The van der Waals surface area contributed by atoms with Gasteiger partial charge in [-0.2, -0.15) is 5.10 Å². The highest BCUT2D eigenvalue weighted by atomic mass is 16.3. The third-order valence-electron chi connectivity index (χ3n) is 2.61. The van der Waals surface area contributed by atoms with Crippen molar-refractivity contribution in [2.45, 2.75) is 26.1 Å². The zero-order valence-corrected chi connectivity index (χ0v) is 9.87. The maximum atomic E-state index is 9.17. The van der Waals surface area contributed by atoms with Gasteiger partial charge in [-0.05, 0) is 30.7 Å². The third kappa shape index (κ3) is 3.60. The van der Waals surface area contributed by atoms with E-state index >= 15 is 0 Å². The molecule has 0 spiro atoms. The largest absolute Gasteiger partial charge is 0.508 e. The van der Waals surface area contributed by atoms with Crippen LogP contribution in [0.25, 0.3) is 0 Å². The molecule has 2 aromatic rings. The summed E-state index contributed by atoms with van der Waals surface area (Å²) in [6.45, 7) is 3.77. The molecular formula is C13H17N3O. The SMILES string of the molecule is CC(Cn1cccn1)NCc1ccc(O)cc1. The van der Waals surface area contributed by atoms with E-state index < -0.39 is 0 Å². The van der Waals surface area contributed by atoms with E-state index in [1.54, 1.807) is 18.3 Å². The molecule has 1 unspecified atom stereocenters. The Morgan fingerprint density at radius 3 is 2.76 bits per heavy atom. The summed E-state index contributed by atoms with van der Waals surface area (Å²) in [4.78, 5) is 0. The quantitative estimate of drug-likeness (QED) is 0.824. The van der Waals surface area contributed by atoms with E-state index in [-0.39, 0.29) is 0 Å². The highest BCUT2D eigenvalue weighted by molar-refractivity contribution is 5.25. The van der Waals surface area contributed by atoms with Gasteiger partial charge in [-0.15, -0.1) is 0 Å². The maximum Gasteiger partial charge on any atom is 0.115 e. The van der Waals surface area contributed by atoms with Crippen molar-refractivity contribution in [2.75, 3.05) is 0 Å². The van der Waals surface area contributed by atoms with Crippen molar-refractivity contribution in [1.29, 1.82) is 0 Å². The summed E-state index contributed by atoms with van der Waals surface area (Å²) in [5.74, 6) is 0.304. The predicted molar refractivity (Wildman–Crippen MR) is 66.6 cm³/mol. The van der Waals surface area contributed by atoms with E-state index in [0.717, 1.165) is 18.7 Å². The zero-order chi connectivity index (χ0) is 12.1. The minimum Gasteiger partial charge on any atom is -0.508 e. The van der Waals surface area contributed by atoms with Gasteiger partial charge in [0.05, 0.1) is 6.54 Å². The molecule has 0 bridgehead atoms. The van der Waals surface area contributed by atoms with Crippen LogP contribution in [0.15, 0.2) is 42.7 Å². The smallest absolute Gasteiger partial charge is 0.115 e. The molecule has 1 heterocycles. The molecular weight excluding hydrogens is 214 g/mol. The molecule has 0 saturated carbocycles. The van der Waals surface area contributed by atoms with Crippen LogP contribution in [-0.2, 0) is 13.1 Å². The molecule has 2 N–H and O–H groups in total. The van der Waals surface area contributed by atoms with E-state index in [2.05, 4.69) is 17.3 Å². The van der Waals surface area contributed by atoms with Crippen LogP contribution >= 0.6 is 0 Å². The molecule has 0 radical (unpaired) electrons. The van der Waals surface area contributed by atoms with Gasteiger partial charge >= 0.3 is 0 Å². The van der Waals surface area contributed by atoms with Gasteiger partial charge in [0.15, 0.2) is 0 Å². The maximum absolute atomic E-state index is 9.17. The topological polar surface area (TPSA) is 50.1 Å². The van der Waals surface area contributed by atoms with Crippen molar-refractivity contribution in [1.82, 2.24) is 15.1 Å². The molecule has 0 aliphatic carbocycles. The second-order valence-corrected chi connectivity index (χ2v) is 4.18. The summed E-state index contributed by atoms with van der Waals surface area (Å²) in [5.41, 5.74) is 1.16. The second kappa shape index (κ2) is 5.50. The van der Waals surface area contributed by atoms with Gasteiger partial charge in [-0.1, -0.05) is 12.1 Å². The minimum absolute atomic E-state index is 0.304. The fourth-order valence-corrected chi connectivity index (χ4v) is 1.66. The Hall–Kier alpha value is -1.81. The van der Waals surface area contributed by atoms with Crippen molar-refractivity contribution in [3.63, 3.8) is 0 Å². The number of nitrogens with one attached hydrogen (secondary N) is 1. The Balaban J connectivity index is 1.79. The number of benzene rings is 1. The van der Waals surface area contributed by atoms with Crippen molar-refractivity contribution >= 4 is 0 Å². The van der Waals surface area contributed by atoms with E-state index in [9.17, 15) is 5.11 Å². The first-order valence-electron chi connectivity index (χ1n) is 5.73. The van der Waals surface area contributed by atoms with Crippen LogP contribution in [0.4, 0.5) is 0 Å². The van der Waals surface area contributed by atoms with Crippen molar-refractivity contribution < 1.29 is 5.11 Å². The molecule has 17 heavy (non-hydrogen) atoms. The average molecular weight is 231 g/mol. The Bertz CT molecular complexity index is 436. The zero-order valence-electron chi connectivity index (χ0n) is 9.87. The lowest BCUT2D eigenvalue weighted by Gasteiger charge is -2.13. The number of phenolic OH excluding ortho intramolecular Hbond substituents is 1. The summed E-state index contributed by atoms with van der Waals surface area (Å²) in [6, 6.07) is 9.52. The summed E-state index contributed by atoms with van der Waals surface area (Å²) in [5, 5.41) is 16.8. The van der Waals surface area contributed by atoms with Crippen LogP contribution in [0.3, 0.4) is 0 Å². The van der Waals surface area contributed by atoms with Gasteiger partial charge in [0.2, 0.25) is 0 Å². The van der Waals surface area contributed by atoms with Gasteiger partial charge in [0.1, 0.15) is 5.75 Å². The van der Waals surface area contributed by atoms with E-state index in [0.29, 0.717) is 11.8 Å². The van der Waals surface area contributed by atoms with E-state index in [1.165, 1.54) is 0 Å². The van der Waals surface area contributed by atoms with E-state index in [4.69, 9.17) is 0 Å². The highest BCUT2D eigenvalue weighted by Gasteiger charge is 2.02. The Morgan fingerprint density at radius 1 is 1.35 bits per heavy atom. The minimum atomic E-state index is 0.304. The molecule has 0 fully saturated rings. The van der Waals surface area contributed by atoms with Crippen LogP contribution in [0.2, 0.25) is 0 Å². The number of hydrogen-bond acceptors (Lipinski definition) is 3. The normalized spacial score (nSPS) is 12.5. The molecule has 0 amide bonds. The first-order chi connectivity index (χ1) is 8.24. The molecule has 1 aromatic carbocycles. The number of phenols is 1. The molecule has 1 atom stereocenters. The molecule has 0 saturated heterocycles. The molecule has 4 nitrogen and oxygen atoms in total. The molecule has 4 heteroatoms. The average Bonchev–Trinajstić information content (AvgIpc) is 2.81. The van der Waals surface area contributed by atoms with E-state index in [1.807, 2.05) is 29.1 Å². The third-order valence-corrected chi connectivity index (χ3v) is 2.61. The van der Waals surface area contributed by atoms with Crippen LogP contribution in [0.5, 0.6) is 5.75 Å². The lowest BCUT2D eigenvalue weighted by Crippen LogP contribution is -2.30. The van der Waals surface area contributed by atoms with Crippen LogP contribution in [0, 0.1) is 0 Å². The summed E-state index contributed by atoms with van der Waals surface area (Å²) < 4.78 is 1.91. The standard InChI is InChI=1S/C13H17N3O/c1-11(10-16-8-2-7-15-16)14-9-12-3-5-13(17)6-4-12/h2-8,11,14,17H,9-10H2,1H3. The van der Waals surface area contributed by atoms with Crippen molar-refractivity contribution in [3.8, 4) is 5.75 Å². The Morgan fingerprint density at radius 2 is 2.12 bits per heavy atom. The highest BCUT2D eigenvalue weighted by Crippen LogP contribution is 2.09. The lowest BCUT2D eigenvalue weighted by atomic mass is 10.2. The molecule has 90 valence electrons. The molecule has 1 aromatic heterocycles. The second-order valence-electron chi connectivity index (χ2n) is 4.18. The van der Waals surface area contributed by atoms with Crippen LogP contribution in [0.1, 0.15) is 12.5 Å². The van der Waals surface area contributed by atoms with Gasteiger partial charge in [0, 0.05) is 25.0 Å². The van der Waals surface area contributed by atoms with Crippen molar-refractivity contribution in [3.05, 3.63) is 48.3 Å². The van der Waals surface area contributed by atoms with Crippen LogP contribution < -0.4 is 5.32 Å². The molecule has 2 rings (SSSR count). The first kappa shape index (κ1) is 11.7. The fraction of sp³-hybridized carbons (Fsp3) is 0.308. The lowest BCUT2D eigenvalue weighted by molar-refractivity contribution is 0.450. The first-order valence-corrected chi connectivity index (χ1v) is 5.73.